The number of carbonyl (C=O) groups excluding carboxylic acids is 2. The highest BCUT2D eigenvalue weighted by atomic mass is 16.4. The Balaban J connectivity index is 4.40. The Hall–Kier alpha value is -1.59. The molecule has 0 bridgehead atoms. The molecule has 6 nitrogen and oxygen atoms in total. The summed E-state index contributed by atoms with van der Waals surface area (Å²) in [7, 11) is 0. The van der Waals surface area contributed by atoms with Gasteiger partial charge in [0.25, 0.3) is 0 Å². The van der Waals surface area contributed by atoms with Crippen molar-refractivity contribution in [3.8, 4) is 0 Å². The fraction of sp³-hybridized carbons (Fsp3) is 0.897. The lowest BCUT2D eigenvalue weighted by molar-refractivity contribution is -0.144. The predicted molar refractivity (Wildman–Crippen MR) is 146 cm³/mol. The van der Waals surface area contributed by atoms with Crippen molar-refractivity contribution in [1.82, 2.24) is 10.2 Å². The molecule has 0 aliphatic carbocycles. The van der Waals surface area contributed by atoms with Crippen LogP contribution in [0, 0.1) is 11.3 Å². The zero-order valence-corrected chi connectivity index (χ0v) is 23.8. The highest BCUT2D eigenvalue weighted by Crippen LogP contribution is 2.22. The van der Waals surface area contributed by atoms with E-state index in [0.29, 0.717) is 6.42 Å². The molecule has 0 radical (unpaired) electrons. The molecule has 0 aliphatic heterocycles. The Kier molecular flexibility index (Phi) is 18.7. The minimum atomic E-state index is -0.992. The van der Waals surface area contributed by atoms with E-state index in [2.05, 4.69) is 12.2 Å². The molecule has 1 atom stereocenters. The van der Waals surface area contributed by atoms with Crippen LogP contribution in [0.3, 0.4) is 0 Å². The van der Waals surface area contributed by atoms with Crippen molar-refractivity contribution in [3.05, 3.63) is 0 Å². The number of nitrogens with one attached hydrogen (secondary N) is 1. The van der Waals surface area contributed by atoms with Crippen molar-refractivity contribution in [2.45, 2.75) is 150 Å². The molecular weight excluding hydrogens is 440 g/mol. The summed E-state index contributed by atoms with van der Waals surface area (Å²) >= 11 is 0. The van der Waals surface area contributed by atoms with E-state index >= 15 is 0 Å². The van der Waals surface area contributed by atoms with E-state index in [-0.39, 0.29) is 30.3 Å². The Bertz CT molecular complexity index is 584. The molecule has 35 heavy (non-hydrogen) atoms. The highest BCUT2D eigenvalue weighted by Gasteiger charge is 2.33. The number of carbonyl (C=O) groups is 3. The maximum absolute atomic E-state index is 13.2. The Morgan fingerprint density at radius 3 is 1.57 bits per heavy atom. The van der Waals surface area contributed by atoms with Gasteiger partial charge in [-0.25, -0.2) is 4.79 Å². The summed E-state index contributed by atoms with van der Waals surface area (Å²) in [5.74, 6) is -2.02. The van der Waals surface area contributed by atoms with E-state index < -0.39 is 17.9 Å². The first-order valence-corrected chi connectivity index (χ1v) is 14.3. The number of hydrogen-bond acceptors (Lipinski definition) is 3. The number of carboxylic acid groups (broad SMARTS) is 1. The lowest BCUT2D eigenvalue weighted by Crippen LogP contribution is -2.51. The second kappa shape index (κ2) is 19.6. The Morgan fingerprint density at radius 1 is 0.771 bits per heavy atom. The summed E-state index contributed by atoms with van der Waals surface area (Å²) in [5.41, 5.74) is -0.271. The van der Waals surface area contributed by atoms with Gasteiger partial charge in [-0.2, -0.15) is 0 Å². The van der Waals surface area contributed by atoms with Crippen molar-refractivity contribution in [2.75, 3.05) is 6.54 Å². The van der Waals surface area contributed by atoms with Gasteiger partial charge in [-0.15, -0.1) is 0 Å². The molecule has 206 valence electrons. The van der Waals surface area contributed by atoms with E-state index in [1.54, 1.807) is 0 Å². The number of carboxylic acids is 1. The van der Waals surface area contributed by atoms with Crippen molar-refractivity contribution in [3.63, 3.8) is 0 Å². The third-order valence-corrected chi connectivity index (χ3v) is 6.23. The van der Waals surface area contributed by atoms with Gasteiger partial charge in [0.2, 0.25) is 5.91 Å². The molecular formula is C29H56N2O4. The first-order chi connectivity index (χ1) is 16.5. The van der Waals surface area contributed by atoms with E-state index in [9.17, 15) is 19.5 Å². The van der Waals surface area contributed by atoms with Gasteiger partial charge in [0.05, 0.1) is 6.42 Å². The average molecular weight is 497 g/mol. The normalized spacial score (nSPS) is 12.5. The molecule has 0 aliphatic rings. The van der Waals surface area contributed by atoms with Gasteiger partial charge in [-0.3, -0.25) is 14.5 Å². The van der Waals surface area contributed by atoms with Crippen LogP contribution in [0.15, 0.2) is 0 Å². The second-order valence-electron chi connectivity index (χ2n) is 11.8. The maximum atomic E-state index is 13.2. The lowest BCUT2D eigenvalue weighted by atomic mass is 9.92. The van der Waals surface area contributed by atoms with Crippen molar-refractivity contribution in [2.24, 2.45) is 11.3 Å². The SMILES string of the molecule is CCCCCCCCCCCCCCCCC(CC(=O)O)C(=O)N(CC(C)(C)C)C(=O)NC(C)C. The molecule has 0 rings (SSSR count). The minimum Gasteiger partial charge on any atom is -0.481 e. The van der Waals surface area contributed by atoms with Gasteiger partial charge >= 0.3 is 12.0 Å². The smallest absolute Gasteiger partial charge is 0.324 e. The quantitative estimate of drug-likeness (QED) is 0.167. The number of nitrogens with zero attached hydrogens (tertiary/aromatic N) is 1. The summed E-state index contributed by atoms with van der Waals surface area (Å²) in [6.07, 6.45) is 17.8. The standard InChI is InChI=1S/C29H56N2O4/c1-7-8-9-10-11-12-13-14-15-16-17-18-19-20-21-25(22-26(32)33)27(34)31(23-29(4,5)6)28(35)30-24(2)3/h24-25H,7-23H2,1-6H3,(H,30,35)(H,32,33). The molecule has 1 unspecified atom stereocenters. The minimum absolute atomic E-state index is 0.0958. The maximum Gasteiger partial charge on any atom is 0.324 e. The average Bonchev–Trinajstić information content (AvgIpc) is 2.75. The molecule has 3 amide bonds. The van der Waals surface area contributed by atoms with Crippen molar-refractivity contribution >= 4 is 17.9 Å². The van der Waals surface area contributed by atoms with Gasteiger partial charge in [0, 0.05) is 18.5 Å². The molecule has 0 aromatic carbocycles. The number of urea groups is 1. The van der Waals surface area contributed by atoms with E-state index in [0.717, 1.165) is 19.3 Å². The van der Waals surface area contributed by atoms with Gasteiger partial charge in [-0.1, -0.05) is 118 Å². The molecule has 6 heteroatoms. The number of imide groups is 1. The third kappa shape index (κ3) is 19.3. The van der Waals surface area contributed by atoms with Crippen LogP contribution in [0.1, 0.15) is 144 Å². The molecule has 2 N–H and O–H groups in total. The number of aliphatic carboxylic acids is 1. The zero-order valence-electron chi connectivity index (χ0n) is 23.8. The molecule has 0 spiro atoms. The highest BCUT2D eigenvalue weighted by molar-refractivity contribution is 5.96. The van der Waals surface area contributed by atoms with Crippen LogP contribution in [-0.4, -0.2) is 40.5 Å². The van der Waals surface area contributed by atoms with Crippen LogP contribution >= 0.6 is 0 Å². The van der Waals surface area contributed by atoms with Gasteiger partial charge < -0.3 is 10.4 Å². The van der Waals surface area contributed by atoms with E-state index in [1.165, 1.54) is 75.5 Å². The van der Waals surface area contributed by atoms with Crippen LogP contribution in [0.25, 0.3) is 0 Å². The second-order valence-corrected chi connectivity index (χ2v) is 11.8. The lowest BCUT2D eigenvalue weighted by Gasteiger charge is -2.31. The van der Waals surface area contributed by atoms with Gasteiger partial charge in [0.1, 0.15) is 0 Å². The first kappa shape index (κ1) is 33.4. The molecule has 0 saturated heterocycles. The van der Waals surface area contributed by atoms with Crippen LogP contribution < -0.4 is 5.32 Å². The molecule has 0 aromatic heterocycles. The van der Waals surface area contributed by atoms with Crippen LogP contribution in [0.4, 0.5) is 4.79 Å². The summed E-state index contributed by atoms with van der Waals surface area (Å²) in [6, 6.07) is -0.530. The predicted octanol–water partition coefficient (Wildman–Crippen LogP) is 7.94. The first-order valence-electron chi connectivity index (χ1n) is 14.3. The Labute approximate surface area is 216 Å². The number of rotatable bonds is 20. The molecule has 0 heterocycles. The number of amides is 3. The topological polar surface area (TPSA) is 86.7 Å². The monoisotopic (exact) mass is 496 g/mol. The van der Waals surface area contributed by atoms with Crippen LogP contribution in [-0.2, 0) is 9.59 Å². The summed E-state index contributed by atoms with van der Waals surface area (Å²) in [4.78, 5) is 38.6. The number of unbranched alkanes of at least 4 members (excludes halogenated alkanes) is 13. The summed E-state index contributed by atoms with van der Waals surface area (Å²) < 4.78 is 0. The molecule has 0 aromatic rings. The number of hydrogen-bond donors (Lipinski definition) is 2. The van der Waals surface area contributed by atoms with Crippen molar-refractivity contribution < 1.29 is 19.5 Å². The summed E-state index contributed by atoms with van der Waals surface area (Å²) in [5, 5.41) is 12.2. The largest absolute Gasteiger partial charge is 0.481 e. The fourth-order valence-corrected chi connectivity index (χ4v) is 4.38. The van der Waals surface area contributed by atoms with Gasteiger partial charge in [0.15, 0.2) is 0 Å². The third-order valence-electron chi connectivity index (χ3n) is 6.23. The van der Waals surface area contributed by atoms with Crippen LogP contribution in [0.2, 0.25) is 0 Å². The molecule has 0 saturated carbocycles. The Morgan fingerprint density at radius 2 is 1.20 bits per heavy atom. The fourth-order valence-electron chi connectivity index (χ4n) is 4.38. The van der Waals surface area contributed by atoms with Crippen molar-refractivity contribution in [1.29, 1.82) is 0 Å². The molecule has 0 fully saturated rings. The van der Waals surface area contributed by atoms with E-state index in [1.807, 2.05) is 34.6 Å². The van der Waals surface area contributed by atoms with E-state index in [4.69, 9.17) is 0 Å². The van der Waals surface area contributed by atoms with Crippen LogP contribution in [0.5, 0.6) is 0 Å². The summed E-state index contributed by atoms with van der Waals surface area (Å²) in [6.45, 7) is 12.1. The zero-order chi connectivity index (χ0) is 26.7. The van der Waals surface area contributed by atoms with Gasteiger partial charge in [-0.05, 0) is 25.7 Å².